The van der Waals surface area contributed by atoms with Crippen LogP contribution in [0.3, 0.4) is 0 Å². The van der Waals surface area contributed by atoms with Crippen molar-refractivity contribution in [3.8, 4) is 11.8 Å². The predicted octanol–water partition coefficient (Wildman–Crippen LogP) is 2.75. The van der Waals surface area contributed by atoms with Crippen molar-refractivity contribution in [2.45, 2.75) is 32.8 Å². The van der Waals surface area contributed by atoms with E-state index in [-0.39, 0.29) is 5.60 Å². The molecule has 17 heavy (non-hydrogen) atoms. The lowest BCUT2D eigenvalue weighted by atomic mass is 10.0. The van der Waals surface area contributed by atoms with Gasteiger partial charge < -0.3 is 9.64 Å². The molecule has 90 valence electrons. The monoisotopic (exact) mass is 230 g/mol. The molecule has 1 aliphatic rings. The van der Waals surface area contributed by atoms with Gasteiger partial charge in [-0.05, 0) is 38.0 Å². The Morgan fingerprint density at radius 3 is 2.88 bits per heavy atom. The van der Waals surface area contributed by atoms with Crippen molar-refractivity contribution in [3.63, 3.8) is 0 Å². The van der Waals surface area contributed by atoms with E-state index in [1.54, 1.807) is 0 Å². The number of anilines is 1. The van der Waals surface area contributed by atoms with Gasteiger partial charge >= 0.3 is 0 Å². The van der Waals surface area contributed by atoms with Crippen LogP contribution in [0.15, 0.2) is 18.2 Å². The topological polar surface area (TPSA) is 36.3 Å². The van der Waals surface area contributed by atoms with E-state index >= 15 is 0 Å². The highest BCUT2D eigenvalue weighted by Gasteiger charge is 2.31. The average molecular weight is 230 g/mol. The number of nitriles is 1. The molecule has 3 nitrogen and oxygen atoms in total. The van der Waals surface area contributed by atoms with Crippen LogP contribution in [0.4, 0.5) is 5.69 Å². The Kier molecular flexibility index (Phi) is 2.97. The minimum atomic E-state index is -0.239. The summed E-state index contributed by atoms with van der Waals surface area (Å²) in [4.78, 5) is 2.10. The molecule has 0 atom stereocenters. The minimum Gasteiger partial charge on any atom is -0.484 e. The molecule has 0 aromatic heterocycles. The van der Waals surface area contributed by atoms with Crippen molar-refractivity contribution in [2.24, 2.45) is 0 Å². The molecule has 0 bridgehead atoms. The Morgan fingerprint density at radius 1 is 1.47 bits per heavy atom. The summed E-state index contributed by atoms with van der Waals surface area (Å²) in [6, 6.07) is 8.45. The van der Waals surface area contributed by atoms with E-state index < -0.39 is 0 Å². The number of nitrogens with zero attached hydrogens (tertiary/aromatic N) is 2. The van der Waals surface area contributed by atoms with E-state index in [1.165, 1.54) is 5.56 Å². The average Bonchev–Trinajstić information content (AvgIpc) is 2.27. The summed E-state index contributed by atoms with van der Waals surface area (Å²) in [6.45, 7) is 7.39. The zero-order valence-corrected chi connectivity index (χ0v) is 10.7. The highest BCUT2D eigenvalue weighted by molar-refractivity contribution is 5.62. The van der Waals surface area contributed by atoms with Gasteiger partial charge in [-0.3, -0.25) is 0 Å². The number of hydrogen-bond acceptors (Lipinski definition) is 3. The molecular weight excluding hydrogens is 212 g/mol. The molecule has 0 N–H and O–H groups in total. The third kappa shape index (κ3) is 2.36. The first-order chi connectivity index (χ1) is 8.05. The van der Waals surface area contributed by atoms with Crippen LogP contribution >= 0.6 is 0 Å². The van der Waals surface area contributed by atoms with E-state index in [0.717, 1.165) is 24.4 Å². The Balaban J connectivity index is 2.42. The van der Waals surface area contributed by atoms with Crippen LogP contribution in [0.1, 0.15) is 26.3 Å². The van der Waals surface area contributed by atoms with Crippen LogP contribution in [-0.4, -0.2) is 18.7 Å². The molecular formula is C14H18N2O. The van der Waals surface area contributed by atoms with Crippen LogP contribution in [0.5, 0.6) is 5.75 Å². The maximum atomic E-state index is 8.91. The Morgan fingerprint density at radius 2 is 2.24 bits per heavy atom. The zero-order valence-electron chi connectivity index (χ0n) is 10.7. The van der Waals surface area contributed by atoms with Gasteiger partial charge in [0, 0.05) is 0 Å². The first-order valence-corrected chi connectivity index (χ1v) is 5.99. The third-order valence-corrected chi connectivity index (χ3v) is 2.99. The van der Waals surface area contributed by atoms with Crippen LogP contribution in [0, 0.1) is 11.3 Å². The molecule has 0 aliphatic carbocycles. The maximum Gasteiger partial charge on any atom is 0.143 e. The number of hydrogen-bond donors (Lipinski definition) is 0. The quantitative estimate of drug-likeness (QED) is 0.733. The first-order valence-electron chi connectivity index (χ1n) is 5.99. The molecule has 1 aromatic rings. The molecule has 3 heteroatoms. The number of benzene rings is 1. The summed E-state index contributed by atoms with van der Waals surface area (Å²) in [5.41, 5.74) is 2.08. The molecule has 1 heterocycles. The van der Waals surface area contributed by atoms with Crippen LogP contribution in [0.2, 0.25) is 0 Å². The van der Waals surface area contributed by atoms with Gasteiger partial charge in [0.15, 0.2) is 0 Å². The van der Waals surface area contributed by atoms with Gasteiger partial charge in [0.1, 0.15) is 17.9 Å². The Hall–Kier alpha value is -1.69. The van der Waals surface area contributed by atoms with E-state index in [4.69, 9.17) is 10.00 Å². The minimum absolute atomic E-state index is 0.239. The van der Waals surface area contributed by atoms with Crippen LogP contribution in [0.25, 0.3) is 0 Å². The molecule has 0 unspecified atom stereocenters. The summed E-state index contributed by atoms with van der Waals surface area (Å²) in [5, 5.41) is 8.91. The summed E-state index contributed by atoms with van der Waals surface area (Å²) in [7, 11) is 0. The lowest BCUT2D eigenvalue weighted by Crippen LogP contribution is -2.47. The third-order valence-electron chi connectivity index (χ3n) is 2.99. The van der Waals surface area contributed by atoms with Crippen molar-refractivity contribution < 1.29 is 4.74 Å². The molecule has 2 rings (SSSR count). The number of fused-ring (bicyclic) bond motifs is 1. The first kappa shape index (κ1) is 11.8. The second kappa shape index (κ2) is 4.29. The fourth-order valence-corrected chi connectivity index (χ4v) is 2.22. The Bertz CT molecular complexity index is 460. The lowest BCUT2D eigenvalue weighted by molar-refractivity contribution is 0.106. The predicted molar refractivity (Wildman–Crippen MR) is 68.4 cm³/mol. The smallest absolute Gasteiger partial charge is 0.143 e. The second-order valence-electron chi connectivity index (χ2n) is 5.03. The molecule has 0 saturated carbocycles. The SMILES string of the molecule is CCc1ccc2c(c1)N(CC#N)CC(C)(C)O2. The van der Waals surface area contributed by atoms with E-state index in [2.05, 4.69) is 30.0 Å². The van der Waals surface area contributed by atoms with Gasteiger partial charge in [-0.1, -0.05) is 13.0 Å². The summed E-state index contributed by atoms with van der Waals surface area (Å²) >= 11 is 0. The lowest BCUT2D eigenvalue weighted by Gasteiger charge is -2.40. The van der Waals surface area contributed by atoms with Gasteiger partial charge in [0.05, 0.1) is 18.3 Å². The highest BCUT2D eigenvalue weighted by atomic mass is 16.5. The fourth-order valence-electron chi connectivity index (χ4n) is 2.22. The largest absolute Gasteiger partial charge is 0.484 e. The maximum absolute atomic E-state index is 8.91. The van der Waals surface area contributed by atoms with E-state index in [1.807, 2.05) is 19.9 Å². The van der Waals surface area contributed by atoms with Crippen molar-refractivity contribution in [1.82, 2.24) is 0 Å². The number of rotatable bonds is 2. The van der Waals surface area contributed by atoms with Crippen molar-refractivity contribution >= 4 is 5.69 Å². The van der Waals surface area contributed by atoms with Gasteiger partial charge in [-0.2, -0.15) is 5.26 Å². The van der Waals surface area contributed by atoms with Crippen LogP contribution < -0.4 is 9.64 Å². The summed E-state index contributed by atoms with van der Waals surface area (Å²) in [6.07, 6.45) is 0.997. The Labute approximate surface area is 103 Å². The molecule has 0 spiro atoms. The fraction of sp³-hybridized carbons (Fsp3) is 0.500. The number of ether oxygens (including phenoxy) is 1. The molecule has 0 fully saturated rings. The molecule has 0 radical (unpaired) electrons. The van der Waals surface area contributed by atoms with Gasteiger partial charge in [-0.15, -0.1) is 0 Å². The molecule has 0 saturated heterocycles. The van der Waals surface area contributed by atoms with Gasteiger partial charge in [0.2, 0.25) is 0 Å². The van der Waals surface area contributed by atoms with Crippen molar-refractivity contribution in [1.29, 1.82) is 5.26 Å². The van der Waals surface area contributed by atoms with E-state index in [9.17, 15) is 0 Å². The van der Waals surface area contributed by atoms with E-state index in [0.29, 0.717) is 6.54 Å². The second-order valence-corrected chi connectivity index (χ2v) is 5.03. The van der Waals surface area contributed by atoms with Crippen LogP contribution in [-0.2, 0) is 6.42 Å². The summed E-state index contributed by atoms with van der Waals surface area (Å²) in [5.74, 6) is 0.883. The van der Waals surface area contributed by atoms with Crippen molar-refractivity contribution in [2.75, 3.05) is 18.0 Å². The molecule has 0 amide bonds. The normalized spacial score (nSPS) is 16.9. The molecule has 1 aliphatic heterocycles. The van der Waals surface area contributed by atoms with Crippen molar-refractivity contribution in [3.05, 3.63) is 23.8 Å². The standard InChI is InChI=1S/C14H18N2O/c1-4-11-5-6-13-12(9-11)16(8-7-15)10-14(2,3)17-13/h5-6,9H,4,8,10H2,1-3H3. The van der Waals surface area contributed by atoms with Gasteiger partial charge in [-0.25, -0.2) is 0 Å². The summed E-state index contributed by atoms with van der Waals surface area (Å²) < 4.78 is 5.94. The molecule has 1 aromatic carbocycles. The number of aryl methyl sites for hydroxylation is 1. The highest BCUT2D eigenvalue weighted by Crippen LogP contribution is 2.37. The zero-order chi connectivity index (χ0) is 12.5. The van der Waals surface area contributed by atoms with Gasteiger partial charge in [0.25, 0.3) is 0 Å².